The van der Waals surface area contributed by atoms with E-state index < -0.39 is 0 Å². The molecule has 1 aromatic carbocycles. The van der Waals surface area contributed by atoms with E-state index in [4.69, 9.17) is 17.3 Å². The predicted octanol–water partition coefficient (Wildman–Crippen LogP) is 3.46. The molecule has 1 atom stereocenters. The lowest BCUT2D eigenvalue weighted by Crippen LogP contribution is -2.51. The minimum atomic E-state index is -0.0220. The third-order valence-corrected chi connectivity index (χ3v) is 4.14. The molecule has 3 heteroatoms. The zero-order chi connectivity index (χ0) is 13.1. The van der Waals surface area contributed by atoms with E-state index in [-0.39, 0.29) is 11.6 Å². The maximum Gasteiger partial charge on any atom is 0.0482 e. The van der Waals surface area contributed by atoms with E-state index in [1.807, 2.05) is 18.2 Å². The molecular weight excluding hydrogens is 232 g/mol. The second kappa shape index (κ2) is 5.85. The van der Waals surface area contributed by atoms with Crippen LogP contribution in [0.1, 0.15) is 38.3 Å². The molecule has 1 unspecified atom stereocenters. The van der Waals surface area contributed by atoms with Crippen LogP contribution in [0.25, 0.3) is 0 Å². The SMILES string of the molecule is CCC(CC)(C(N)c1cccc(Cl)c1)N(C)C. The summed E-state index contributed by atoms with van der Waals surface area (Å²) in [4.78, 5) is 2.23. The average Bonchev–Trinajstić information content (AvgIpc) is 2.30. The number of hydrogen-bond donors (Lipinski definition) is 1. The zero-order valence-electron chi connectivity index (χ0n) is 11.2. The predicted molar refractivity (Wildman–Crippen MR) is 75.4 cm³/mol. The van der Waals surface area contributed by atoms with Gasteiger partial charge in [0.2, 0.25) is 0 Å². The third kappa shape index (κ3) is 2.82. The fourth-order valence-corrected chi connectivity index (χ4v) is 2.81. The molecule has 0 saturated carbocycles. The van der Waals surface area contributed by atoms with Crippen molar-refractivity contribution in [2.45, 2.75) is 38.3 Å². The first kappa shape index (κ1) is 14.5. The Bertz CT molecular complexity index is 359. The fraction of sp³-hybridized carbons (Fsp3) is 0.571. The van der Waals surface area contributed by atoms with Crippen LogP contribution in [0.2, 0.25) is 5.02 Å². The van der Waals surface area contributed by atoms with E-state index >= 15 is 0 Å². The number of likely N-dealkylation sites (N-methyl/N-ethyl adjacent to an activating group) is 1. The topological polar surface area (TPSA) is 29.3 Å². The molecule has 0 aliphatic heterocycles. The van der Waals surface area contributed by atoms with Gasteiger partial charge in [0.25, 0.3) is 0 Å². The Hall–Kier alpha value is -0.570. The first-order valence-electron chi connectivity index (χ1n) is 6.16. The van der Waals surface area contributed by atoms with Gasteiger partial charge >= 0.3 is 0 Å². The van der Waals surface area contributed by atoms with Gasteiger partial charge in [-0.2, -0.15) is 0 Å². The molecule has 0 aromatic heterocycles. The highest BCUT2D eigenvalue weighted by Gasteiger charge is 2.36. The van der Waals surface area contributed by atoms with Gasteiger partial charge in [0.15, 0.2) is 0 Å². The summed E-state index contributed by atoms with van der Waals surface area (Å²) in [5, 5.41) is 0.748. The molecule has 0 bridgehead atoms. The Morgan fingerprint density at radius 1 is 1.29 bits per heavy atom. The summed E-state index contributed by atoms with van der Waals surface area (Å²) >= 11 is 6.04. The zero-order valence-corrected chi connectivity index (χ0v) is 12.0. The summed E-state index contributed by atoms with van der Waals surface area (Å²) in [5.74, 6) is 0. The molecule has 0 fully saturated rings. The van der Waals surface area contributed by atoms with E-state index in [0.29, 0.717) is 0 Å². The molecule has 0 radical (unpaired) electrons. The molecule has 0 spiro atoms. The Morgan fingerprint density at radius 2 is 1.88 bits per heavy atom. The average molecular weight is 255 g/mol. The van der Waals surface area contributed by atoms with Crippen molar-refractivity contribution in [3.8, 4) is 0 Å². The van der Waals surface area contributed by atoms with Gasteiger partial charge in [0, 0.05) is 16.6 Å². The summed E-state index contributed by atoms with van der Waals surface area (Å²) in [6.07, 6.45) is 2.04. The van der Waals surface area contributed by atoms with Crippen LogP contribution in [0.5, 0.6) is 0 Å². The van der Waals surface area contributed by atoms with Crippen LogP contribution in [0.3, 0.4) is 0 Å². The van der Waals surface area contributed by atoms with Gasteiger partial charge < -0.3 is 10.6 Å². The smallest absolute Gasteiger partial charge is 0.0482 e. The van der Waals surface area contributed by atoms with Gasteiger partial charge in [-0.25, -0.2) is 0 Å². The van der Waals surface area contributed by atoms with Crippen molar-refractivity contribution in [3.05, 3.63) is 34.9 Å². The van der Waals surface area contributed by atoms with Crippen LogP contribution in [0, 0.1) is 0 Å². The summed E-state index contributed by atoms with van der Waals surface area (Å²) in [5.41, 5.74) is 7.56. The summed E-state index contributed by atoms with van der Waals surface area (Å²) in [6.45, 7) is 4.38. The van der Waals surface area contributed by atoms with Crippen molar-refractivity contribution in [2.75, 3.05) is 14.1 Å². The Balaban J connectivity index is 3.12. The first-order chi connectivity index (χ1) is 7.97. The van der Waals surface area contributed by atoms with Crippen molar-refractivity contribution in [2.24, 2.45) is 5.73 Å². The molecule has 0 aliphatic rings. The molecule has 2 nitrogen and oxygen atoms in total. The highest BCUT2D eigenvalue weighted by molar-refractivity contribution is 6.30. The molecule has 0 aliphatic carbocycles. The van der Waals surface area contributed by atoms with E-state index in [1.54, 1.807) is 0 Å². The van der Waals surface area contributed by atoms with Crippen molar-refractivity contribution >= 4 is 11.6 Å². The minimum Gasteiger partial charge on any atom is -0.322 e. The first-order valence-corrected chi connectivity index (χ1v) is 6.54. The minimum absolute atomic E-state index is 0.00924. The fourth-order valence-electron chi connectivity index (χ4n) is 2.61. The van der Waals surface area contributed by atoms with Crippen LogP contribution < -0.4 is 5.73 Å². The lowest BCUT2D eigenvalue weighted by Gasteiger charge is -2.43. The molecule has 0 saturated heterocycles. The second-order valence-electron chi connectivity index (χ2n) is 4.74. The molecule has 17 heavy (non-hydrogen) atoms. The van der Waals surface area contributed by atoms with Gasteiger partial charge in [0.1, 0.15) is 0 Å². The van der Waals surface area contributed by atoms with Crippen LogP contribution in [-0.4, -0.2) is 24.5 Å². The lowest BCUT2D eigenvalue weighted by molar-refractivity contribution is 0.106. The van der Waals surface area contributed by atoms with Gasteiger partial charge in [-0.05, 0) is 44.6 Å². The molecule has 0 heterocycles. The molecule has 0 amide bonds. The molecule has 2 N–H and O–H groups in total. The van der Waals surface area contributed by atoms with Crippen LogP contribution in [0.15, 0.2) is 24.3 Å². The van der Waals surface area contributed by atoms with Gasteiger partial charge in [-0.3, -0.25) is 0 Å². The third-order valence-electron chi connectivity index (χ3n) is 3.90. The van der Waals surface area contributed by atoms with E-state index in [9.17, 15) is 0 Å². The highest BCUT2D eigenvalue weighted by Crippen LogP contribution is 2.34. The number of nitrogens with two attached hydrogens (primary N) is 1. The molecule has 1 aromatic rings. The number of hydrogen-bond acceptors (Lipinski definition) is 2. The van der Waals surface area contributed by atoms with Gasteiger partial charge in [-0.15, -0.1) is 0 Å². The van der Waals surface area contributed by atoms with Crippen LogP contribution >= 0.6 is 11.6 Å². The maximum atomic E-state index is 6.46. The number of benzene rings is 1. The normalized spacial score (nSPS) is 14.1. The van der Waals surface area contributed by atoms with Gasteiger partial charge in [0.05, 0.1) is 0 Å². The maximum absolute atomic E-state index is 6.46. The lowest BCUT2D eigenvalue weighted by atomic mass is 9.80. The van der Waals surface area contributed by atoms with Gasteiger partial charge in [-0.1, -0.05) is 37.6 Å². The summed E-state index contributed by atoms with van der Waals surface area (Å²) in [7, 11) is 4.19. The van der Waals surface area contributed by atoms with Crippen molar-refractivity contribution in [1.29, 1.82) is 0 Å². The van der Waals surface area contributed by atoms with Crippen LogP contribution in [-0.2, 0) is 0 Å². The Labute approximate surface area is 110 Å². The second-order valence-corrected chi connectivity index (χ2v) is 5.17. The largest absolute Gasteiger partial charge is 0.322 e. The van der Waals surface area contributed by atoms with E-state index in [0.717, 1.165) is 23.4 Å². The summed E-state index contributed by atoms with van der Waals surface area (Å²) in [6, 6.07) is 7.85. The van der Waals surface area contributed by atoms with Crippen molar-refractivity contribution in [1.82, 2.24) is 4.90 Å². The summed E-state index contributed by atoms with van der Waals surface area (Å²) < 4.78 is 0. The highest BCUT2D eigenvalue weighted by atomic mass is 35.5. The molecule has 96 valence electrons. The van der Waals surface area contributed by atoms with Crippen molar-refractivity contribution < 1.29 is 0 Å². The van der Waals surface area contributed by atoms with E-state index in [2.05, 4.69) is 38.9 Å². The number of rotatable bonds is 5. The number of nitrogens with zero attached hydrogens (tertiary/aromatic N) is 1. The standard InChI is InChI=1S/C14H23ClN2/c1-5-14(6-2,17(3)4)13(16)11-8-7-9-12(15)10-11/h7-10,13H,5-6,16H2,1-4H3. The Morgan fingerprint density at radius 3 is 2.29 bits per heavy atom. The Kier molecular flexibility index (Phi) is 4.99. The molecular formula is C14H23ClN2. The monoisotopic (exact) mass is 254 g/mol. The number of halogens is 1. The van der Waals surface area contributed by atoms with Crippen LogP contribution in [0.4, 0.5) is 0 Å². The quantitative estimate of drug-likeness (QED) is 0.872. The van der Waals surface area contributed by atoms with E-state index in [1.165, 1.54) is 0 Å². The molecule has 1 rings (SSSR count). The van der Waals surface area contributed by atoms with Crippen molar-refractivity contribution in [3.63, 3.8) is 0 Å².